The van der Waals surface area contributed by atoms with E-state index in [1.165, 1.54) is 31.1 Å². The van der Waals surface area contributed by atoms with E-state index in [1.807, 2.05) is 0 Å². The molecule has 1 heterocycles. The van der Waals surface area contributed by atoms with Gasteiger partial charge in [0.15, 0.2) is 5.60 Å². The van der Waals surface area contributed by atoms with Gasteiger partial charge in [-0.1, -0.05) is 0 Å². The molecule has 2 N–H and O–H groups in total. The standard InChI is InChI=1S/C14H17FN2O4/c1-14(13(16)19)8-17(5-6-21-14)12(18)10-7-9(15)3-4-11(10)20-2/h3-4,7H,5-6,8H2,1-2H3,(H2,16,19)/t14-/m1/s1. The fourth-order valence-corrected chi connectivity index (χ4v) is 2.21. The zero-order valence-electron chi connectivity index (χ0n) is 11.9. The summed E-state index contributed by atoms with van der Waals surface area (Å²) in [6, 6.07) is 3.71. The van der Waals surface area contributed by atoms with Gasteiger partial charge in [0.25, 0.3) is 11.8 Å². The molecule has 0 spiro atoms. The molecule has 1 saturated heterocycles. The van der Waals surface area contributed by atoms with Gasteiger partial charge in [0.2, 0.25) is 0 Å². The summed E-state index contributed by atoms with van der Waals surface area (Å²) in [5.41, 5.74) is 4.16. The third-order valence-electron chi connectivity index (χ3n) is 3.47. The lowest BCUT2D eigenvalue weighted by atomic mass is 10.0. The second-order valence-electron chi connectivity index (χ2n) is 5.01. The zero-order valence-corrected chi connectivity index (χ0v) is 11.9. The van der Waals surface area contributed by atoms with Crippen LogP contribution >= 0.6 is 0 Å². The molecule has 0 radical (unpaired) electrons. The monoisotopic (exact) mass is 296 g/mol. The highest BCUT2D eigenvalue weighted by molar-refractivity contribution is 5.97. The van der Waals surface area contributed by atoms with Crippen LogP contribution in [-0.4, -0.2) is 49.1 Å². The van der Waals surface area contributed by atoms with Gasteiger partial charge in [-0.3, -0.25) is 9.59 Å². The minimum atomic E-state index is -1.24. The quantitative estimate of drug-likeness (QED) is 0.883. The van der Waals surface area contributed by atoms with Crippen LogP contribution < -0.4 is 10.5 Å². The molecule has 1 atom stereocenters. The van der Waals surface area contributed by atoms with E-state index in [2.05, 4.69) is 0 Å². The molecule has 2 rings (SSSR count). The number of methoxy groups -OCH3 is 1. The Morgan fingerprint density at radius 1 is 1.48 bits per heavy atom. The van der Waals surface area contributed by atoms with E-state index < -0.39 is 23.2 Å². The first-order valence-electron chi connectivity index (χ1n) is 6.44. The number of morpholine rings is 1. The van der Waals surface area contributed by atoms with Crippen LogP contribution in [0, 0.1) is 5.82 Å². The Morgan fingerprint density at radius 2 is 2.19 bits per heavy atom. The number of rotatable bonds is 3. The van der Waals surface area contributed by atoms with Crippen molar-refractivity contribution < 1.29 is 23.5 Å². The Kier molecular flexibility index (Phi) is 4.13. The molecule has 0 bridgehead atoms. The van der Waals surface area contributed by atoms with Gasteiger partial charge in [-0.2, -0.15) is 0 Å². The number of ether oxygens (including phenoxy) is 2. The van der Waals surface area contributed by atoms with E-state index in [4.69, 9.17) is 15.2 Å². The molecular formula is C14H17FN2O4. The number of carbonyl (C=O) groups excluding carboxylic acids is 2. The number of nitrogens with two attached hydrogens (primary N) is 1. The average Bonchev–Trinajstić information content (AvgIpc) is 2.46. The maximum atomic E-state index is 13.4. The molecule has 0 aliphatic carbocycles. The minimum absolute atomic E-state index is 0.0147. The fourth-order valence-electron chi connectivity index (χ4n) is 2.21. The third-order valence-corrected chi connectivity index (χ3v) is 3.47. The first-order chi connectivity index (χ1) is 9.87. The molecule has 0 saturated carbocycles. The van der Waals surface area contributed by atoms with Gasteiger partial charge < -0.3 is 20.1 Å². The highest BCUT2D eigenvalue weighted by Gasteiger charge is 2.39. The summed E-state index contributed by atoms with van der Waals surface area (Å²) < 4.78 is 23.8. The van der Waals surface area contributed by atoms with Crippen molar-refractivity contribution in [2.24, 2.45) is 5.73 Å². The van der Waals surface area contributed by atoms with Crippen molar-refractivity contribution >= 4 is 11.8 Å². The molecule has 7 heteroatoms. The summed E-state index contributed by atoms with van der Waals surface area (Å²) in [6.07, 6.45) is 0. The Hall–Kier alpha value is -2.15. The van der Waals surface area contributed by atoms with Gasteiger partial charge in [-0.15, -0.1) is 0 Å². The Labute approximate surface area is 121 Å². The number of primary amides is 1. The number of hydrogen-bond donors (Lipinski definition) is 1. The number of hydrogen-bond acceptors (Lipinski definition) is 4. The SMILES string of the molecule is COc1ccc(F)cc1C(=O)N1CCO[C@@](C)(C(N)=O)C1. The number of halogens is 1. The van der Waals surface area contributed by atoms with Gasteiger partial charge in [0.1, 0.15) is 11.6 Å². The number of benzene rings is 1. The summed E-state index contributed by atoms with van der Waals surface area (Å²) in [5.74, 6) is -1.34. The third kappa shape index (κ3) is 2.97. The van der Waals surface area contributed by atoms with Crippen molar-refractivity contribution in [3.63, 3.8) is 0 Å². The molecule has 1 aliphatic heterocycles. The average molecular weight is 296 g/mol. The number of nitrogens with zero attached hydrogens (tertiary/aromatic N) is 1. The number of amides is 2. The van der Waals surface area contributed by atoms with E-state index in [9.17, 15) is 14.0 Å². The molecule has 1 aromatic rings. The molecule has 0 unspecified atom stereocenters. The molecule has 114 valence electrons. The second kappa shape index (κ2) is 5.69. The molecule has 2 amide bonds. The lowest BCUT2D eigenvalue weighted by Crippen LogP contribution is -2.58. The fraction of sp³-hybridized carbons (Fsp3) is 0.429. The van der Waals surface area contributed by atoms with Crippen LogP contribution in [0.25, 0.3) is 0 Å². The van der Waals surface area contributed by atoms with Crippen LogP contribution in [0.3, 0.4) is 0 Å². The van der Waals surface area contributed by atoms with Gasteiger partial charge >= 0.3 is 0 Å². The van der Waals surface area contributed by atoms with Crippen LogP contribution in [0.1, 0.15) is 17.3 Å². The van der Waals surface area contributed by atoms with Crippen LogP contribution in [0.5, 0.6) is 5.75 Å². The van der Waals surface area contributed by atoms with Gasteiger partial charge in [-0.25, -0.2) is 4.39 Å². The van der Waals surface area contributed by atoms with E-state index >= 15 is 0 Å². The summed E-state index contributed by atoms with van der Waals surface area (Å²) in [4.78, 5) is 25.4. The first kappa shape index (κ1) is 15.2. The normalized spacial score (nSPS) is 22.0. The van der Waals surface area contributed by atoms with Crippen LogP contribution in [0.2, 0.25) is 0 Å². The van der Waals surface area contributed by atoms with Crippen molar-refractivity contribution in [3.05, 3.63) is 29.6 Å². The summed E-state index contributed by atoms with van der Waals surface area (Å²) >= 11 is 0. The van der Waals surface area contributed by atoms with Crippen molar-refractivity contribution in [2.45, 2.75) is 12.5 Å². The van der Waals surface area contributed by atoms with Gasteiger partial charge in [0.05, 0.1) is 25.8 Å². The Balaban J connectivity index is 2.28. The summed E-state index contributed by atoms with van der Waals surface area (Å²) in [7, 11) is 1.40. The molecule has 1 fully saturated rings. The summed E-state index contributed by atoms with van der Waals surface area (Å²) in [5, 5.41) is 0. The maximum Gasteiger partial charge on any atom is 0.257 e. The minimum Gasteiger partial charge on any atom is -0.496 e. The molecule has 21 heavy (non-hydrogen) atoms. The Bertz CT molecular complexity index is 578. The van der Waals surface area contributed by atoms with Crippen molar-refractivity contribution in [2.75, 3.05) is 26.8 Å². The van der Waals surface area contributed by atoms with E-state index in [-0.39, 0.29) is 24.5 Å². The van der Waals surface area contributed by atoms with Crippen molar-refractivity contribution in [1.29, 1.82) is 0 Å². The highest BCUT2D eigenvalue weighted by atomic mass is 19.1. The van der Waals surface area contributed by atoms with Crippen LogP contribution in [-0.2, 0) is 9.53 Å². The van der Waals surface area contributed by atoms with Gasteiger partial charge in [0, 0.05) is 6.54 Å². The first-order valence-corrected chi connectivity index (χ1v) is 6.44. The molecule has 1 aliphatic rings. The maximum absolute atomic E-state index is 13.4. The topological polar surface area (TPSA) is 81.9 Å². The molecule has 0 aromatic heterocycles. The Morgan fingerprint density at radius 3 is 2.81 bits per heavy atom. The molecular weight excluding hydrogens is 279 g/mol. The molecule has 6 nitrogen and oxygen atoms in total. The lowest BCUT2D eigenvalue weighted by molar-refractivity contribution is -0.150. The largest absolute Gasteiger partial charge is 0.496 e. The van der Waals surface area contributed by atoms with Gasteiger partial charge in [-0.05, 0) is 25.1 Å². The number of carbonyl (C=O) groups is 2. The smallest absolute Gasteiger partial charge is 0.257 e. The van der Waals surface area contributed by atoms with Crippen molar-refractivity contribution in [3.8, 4) is 5.75 Å². The predicted molar refractivity (Wildman–Crippen MR) is 72.4 cm³/mol. The second-order valence-corrected chi connectivity index (χ2v) is 5.01. The predicted octanol–water partition coefficient (Wildman–Crippen LogP) is 0.551. The zero-order chi connectivity index (χ0) is 15.6. The van der Waals surface area contributed by atoms with Crippen molar-refractivity contribution in [1.82, 2.24) is 4.90 Å². The highest BCUT2D eigenvalue weighted by Crippen LogP contribution is 2.24. The van der Waals surface area contributed by atoms with E-state index in [0.29, 0.717) is 6.54 Å². The van der Waals surface area contributed by atoms with Crippen LogP contribution in [0.15, 0.2) is 18.2 Å². The van der Waals surface area contributed by atoms with E-state index in [0.717, 1.165) is 6.07 Å². The van der Waals surface area contributed by atoms with Crippen LogP contribution in [0.4, 0.5) is 4.39 Å². The summed E-state index contributed by atoms with van der Waals surface area (Å²) in [6.45, 7) is 2.02. The molecule has 1 aromatic carbocycles. The lowest BCUT2D eigenvalue weighted by Gasteiger charge is -2.38. The van der Waals surface area contributed by atoms with E-state index in [1.54, 1.807) is 0 Å².